The van der Waals surface area contributed by atoms with Crippen LogP contribution in [-0.4, -0.2) is 30.3 Å². The van der Waals surface area contributed by atoms with E-state index in [1.54, 1.807) is 12.1 Å². The summed E-state index contributed by atoms with van der Waals surface area (Å²) in [6.07, 6.45) is 0. The fourth-order valence-corrected chi connectivity index (χ4v) is 5.74. The van der Waals surface area contributed by atoms with Crippen LogP contribution in [-0.2, 0) is 0 Å². The van der Waals surface area contributed by atoms with Crippen LogP contribution in [0.3, 0.4) is 0 Å². The lowest BCUT2D eigenvalue weighted by atomic mass is 10.1. The highest BCUT2D eigenvalue weighted by molar-refractivity contribution is 6.71. The maximum absolute atomic E-state index is 9.27. The van der Waals surface area contributed by atoms with Gasteiger partial charge in [-0.2, -0.15) is 0 Å². The fourth-order valence-electron chi connectivity index (χ4n) is 4.25. The molecule has 2 aromatic heterocycles. The average molecular weight is 482 g/mol. The van der Waals surface area contributed by atoms with Crippen molar-refractivity contribution in [3.8, 4) is 16.9 Å². The first-order valence-electron chi connectivity index (χ1n) is 12.0. The number of aromatic nitrogens is 2. The molecule has 0 bridgehead atoms. The molecule has 0 saturated carbocycles. The van der Waals surface area contributed by atoms with Gasteiger partial charge in [0.15, 0.2) is 0 Å². The van der Waals surface area contributed by atoms with Gasteiger partial charge >= 0.3 is 15.2 Å². The van der Waals surface area contributed by atoms with E-state index in [1.807, 2.05) is 56.3 Å². The largest absolute Gasteiger partial charge is 0.508 e. The summed E-state index contributed by atoms with van der Waals surface area (Å²) in [6, 6.07) is 38.7. The quantitative estimate of drug-likeness (QED) is 0.310. The summed E-state index contributed by atoms with van der Waals surface area (Å²) in [7, 11) is 0. The lowest BCUT2D eigenvalue weighted by molar-refractivity contribution is 0.475. The van der Waals surface area contributed by atoms with Crippen molar-refractivity contribution >= 4 is 45.9 Å². The second kappa shape index (κ2) is 10.7. The topological polar surface area (TPSA) is 46.0 Å². The molecule has 2 heterocycles. The molecule has 0 aliphatic rings. The van der Waals surface area contributed by atoms with Crippen molar-refractivity contribution < 1.29 is 5.11 Å². The van der Waals surface area contributed by atoms with Crippen molar-refractivity contribution in [1.29, 1.82) is 0 Å². The van der Waals surface area contributed by atoms with Crippen LogP contribution in [0.25, 0.3) is 32.9 Å². The summed E-state index contributed by atoms with van der Waals surface area (Å²) in [5, 5.41) is 11.7. The zero-order chi connectivity index (χ0) is 24.9. The van der Waals surface area contributed by atoms with Crippen LogP contribution in [0.2, 0.25) is 0 Å². The number of hydrogen-bond donors (Lipinski definition) is 1. The van der Waals surface area contributed by atoms with Crippen LogP contribution in [0.15, 0.2) is 115 Å². The van der Waals surface area contributed by atoms with E-state index in [9.17, 15) is 5.11 Å². The van der Waals surface area contributed by atoms with Crippen LogP contribution in [0, 0.1) is 13.8 Å². The highest BCUT2D eigenvalue weighted by Crippen LogP contribution is 2.22. The van der Waals surface area contributed by atoms with Gasteiger partial charge in [-0.15, -0.1) is 0 Å². The van der Waals surface area contributed by atoms with E-state index >= 15 is 0 Å². The molecule has 0 aliphatic heterocycles. The number of aryl methyl sites for hydroxylation is 2. The number of fused-ring (bicyclic) bond motifs is 2. The van der Waals surface area contributed by atoms with Gasteiger partial charge in [-0.1, -0.05) is 99.8 Å². The summed E-state index contributed by atoms with van der Waals surface area (Å²) >= 11 is -0.0414. The molecule has 173 valence electrons. The van der Waals surface area contributed by atoms with Gasteiger partial charge in [-0.05, 0) is 60.0 Å². The molecular formula is C32H26AlN2O. The van der Waals surface area contributed by atoms with Crippen molar-refractivity contribution in [3.05, 3.63) is 127 Å². The van der Waals surface area contributed by atoms with E-state index in [-0.39, 0.29) is 15.2 Å². The number of para-hydroxylation sites is 2. The van der Waals surface area contributed by atoms with Gasteiger partial charge in [0.1, 0.15) is 5.75 Å². The fraction of sp³-hybridized carbons (Fsp3) is 0.0625. The predicted molar refractivity (Wildman–Crippen MR) is 152 cm³/mol. The van der Waals surface area contributed by atoms with E-state index in [0.717, 1.165) is 33.5 Å². The standard InChI is InChI=1S/C12H10O.2C10H8N.Al/c13-12-8-4-7-11(9-12)10-5-2-1-3-6-10;2*1-8-6-7-9-4-2-3-5-10(9)11-8;/h1-9,13H;2*2-4,6-7H,1H3;. The van der Waals surface area contributed by atoms with E-state index < -0.39 is 0 Å². The molecule has 0 amide bonds. The molecule has 1 N–H and O–H groups in total. The van der Waals surface area contributed by atoms with Crippen LogP contribution in [0.1, 0.15) is 11.4 Å². The smallest absolute Gasteiger partial charge is 0.305 e. The Morgan fingerprint density at radius 3 is 1.61 bits per heavy atom. The minimum Gasteiger partial charge on any atom is -0.508 e. The SMILES string of the molecule is Cc1ccc2ccc[c]([Al][c]3cccc4ccc(C)nc34)c2n1.Oc1cccc(-c2ccccc2)c1. The van der Waals surface area contributed by atoms with E-state index in [2.05, 4.69) is 60.7 Å². The Labute approximate surface area is 217 Å². The number of benzene rings is 4. The summed E-state index contributed by atoms with van der Waals surface area (Å²) < 4.78 is 2.67. The summed E-state index contributed by atoms with van der Waals surface area (Å²) in [5.74, 6) is 0.307. The lowest BCUT2D eigenvalue weighted by Gasteiger charge is -2.09. The van der Waals surface area contributed by atoms with Crippen molar-refractivity contribution in [2.75, 3.05) is 0 Å². The van der Waals surface area contributed by atoms with Gasteiger partial charge in [0.05, 0.1) is 11.0 Å². The van der Waals surface area contributed by atoms with E-state index in [0.29, 0.717) is 5.75 Å². The average Bonchev–Trinajstić information content (AvgIpc) is 2.90. The van der Waals surface area contributed by atoms with E-state index in [4.69, 9.17) is 9.97 Å². The molecule has 6 aromatic rings. The Balaban J connectivity index is 0.000000174. The van der Waals surface area contributed by atoms with Gasteiger partial charge in [-0.25, -0.2) is 0 Å². The number of phenols is 1. The number of rotatable bonds is 3. The first kappa shape index (κ1) is 23.8. The van der Waals surface area contributed by atoms with Crippen LogP contribution in [0.5, 0.6) is 5.75 Å². The number of aromatic hydroxyl groups is 1. The molecule has 1 radical (unpaired) electrons. The minimum atomic E-state index is -0.0414. The molecule has 3 nitrogen and oxygen atoms in total. The first-order chi connectivity index (χ1) is 17.6. The molecule has 6 rings (SSSR count). The third kappa shape index (κ3) is 5.47. The van der Waals surface area contributed by atoms with Crippen molar-refractivity contribution in [2.24, 2.45) is 0 Å². The van der Waals surface area contributed by atoms with Gasteiger partial charge in [0.2, 0.25) is 0 Å². The molecule has 0 spiro atoms. The molecule has 0 aliphatic carbocycles. The maximum atomic E-state index is 9.27. The third-order valence-corrected chi connectivity index (χ3v) is 7.60. The number of nitrogens with zero attached hydrogens (tertiary/aromatic N) is 2. The molecule has 0 fully saturated rings. The minimum absolute atomic E-state index is 0.0414. The third-order valence-electron chi connectivity index (χ3n) is 6.05. The Bertz CT molecular complexity index is 1560. The van der Waals surface area contributed by atoms with Crippen LogP contribution in [0.4, 0.5) is 0 Å². The Morgan fingerprint density at radius 1 is 0.528 bits per heavy atom. The zero-order valence-electron chi connectivity index (χ0n) is 20.4. The van der Waals surface area contributed by atoms with Gasteiger partial charge in [0, 0.05) is 11.4 Å². The maximum Gasteiger partial charge on any atom is 0.305 e. The molecular weight excluding hydrogens is 455 g/mol. The Hall–Kier alpha value is -3.97. The van der Waals surface area contributed by atoms with Crippen LogP contribution < -0.4 is 8.85 Å². The molecule has 0 unspecified atom stereocenters. The number of hydrogen-bond acceptors (Lipinski definition) is 3. The Morgan fingerprint density at radius 2 is 1.06 bits per heavy atom. The number of phenolic OH excluding ortho intramolecular Hbond substituents is 1. The summed E-state index contributed by atoms with van der Waals surface area (Å²) in [6.45, 7) is 4.10. The molecule has 0 atom stereocenters. The number of pyridine rings is 2. The van der Waals surface area contributed by atoms with Crippen molar-refractivity contribution in [3.63, 3.8) is 0 Å². The summed E-state index contributed by atoms with van der Waals surface area (Å²) in [5.41, 5.74) is 6.56. The monoisotopic (exact) mass is 481 g/mol. The molecule has 0 saturated heterocycles. The highest BCUT2D eigenvalue weighted by atomic mass is 27.1. The van der Waals surface area contributed by atoms with Gasteiger partial charge < -0.3 is 5.11 Å². The van der Waals surface area contributed by atoms with Crippen molar-refractivity contribution in [1.82, 2.24) is 9.97 Å². The second-order valence-electron chi connectivity index (χ2n) is 8.80. The first-order valence-corrected chi connectivity index (χ1v) is 13.1. The normalized spacial score (nSPS) is 10.6. The Kier molecular flexibility index (Phi) is 7.09. The molecule has 4 aromatic carbocycles. The molecule has 36 heavy (non-hydrogen) atoms. The lowest BCUT2D eigenvalue weighted by Crippen LogP contribution is -2.29. The van der Waals surface area contributed by atoms with Crippen LogP contribution >= 0.6 is 0 Å². The van der Waals surface area contributed by atoms with E-state index in [1.165, 1.54) is 19.6 Å². The van der Waals surface area contributed by atoms with Gasteiger partial charge in [0.25, 0.3) is 0 Å². The molecule has 4 heteroatoms. The van der Waals surface area contributed by atoms with Gasteiger partial charge in [-0.3, -0.25) is 9.97 Å². The predicted octanol–water partition coefficient (Wildman–Crippen LogP) is 6.11. The highest BCUT2D eigenvalue weighted by Gasteiger charge is 2.10. The zero-order valence-corrected chi connectivity index (χ0v) is 21.5. The summed E-state index contributed by atoms with van der Waals surface area (Å²) in [4.78, 5) is 9.54. The van der Waals surface area contributed by atoms with Crippen molar-refractivity contribution in [2.45, 2.75) is 13.8 Å². The second-order valence-corrected chi connectivity index (χ2v) is 10.3.